The van der Waals surface area contributed by atoms with E-state index in [2.05, 4.69) is 181 Å². The van der Waals surface area contributed by atoms with Crippen LogP contribution in [0.3, 0.4) is 0 Å². The molecule has 240 valence electrons. The molecule has 1 aliphatic heterocycles. The van der Waals surface area contributed by atoms with E-state index in [1.165, 1.54) is 76.6 Å². The fourth-order valence-corrected chi connectivity index (χ4v) is 14.5. The van der Waals surface area contributed by atoms with Crippen molar-refractivity contribution in [2.24, 2.45) is 0 Å². The van der Waals surface area contributed by atoms with Crippen LogP contribution >= 0.6 is 15.2 Å². The second-order valence-corrected chi connectivity index (χ2v) is 21.7. The summed E-state index contributed by atoms with van der Waals surface area (Å²) in [6, 6.07) is 42.3. The molecule has 7 rings (SSSR count). The van der Waals surface area contributed by atoms with Crippen molar-refractivity contribution < 1.29 is 0 Å². The van der Waals surface area contributed by atoms with Crippen molar-refractivity contribution in [3.63, 3.8) is 0 Å². The molecule has 6 aromatic rings. The summed E-state index contributed by atoms with van der Waals surface area (Å²) >= 11 is 0. The van der Waals surface area contributed by atoms with Crippen molar-refractivity contribution in [1.29, 1.82) is 0 Å². The summed E-state index contributed by atoms with van der Waals surface area (Å²) in [6.07, 6.45) is 0. The third-order valence-corrected chi connectivity index (χ3v) is 18.9. The monoisotopic (exact) mass is 654 g/mol. The molecule has 6 aromatic carbocycles. The first-order chi connectivity index (χ1) is 22.5. The first kappa shape index (κ1) is 31.9. The summed E-state index contributed by atoms with van der Waals surface area (Å²) in [5, 5.41) is 11.1. The Labute approximate surface area is 283 Å². The third kappa shape index (κ3) is 5.26. The van der Waals surface area contributed by atoms with E-state index >= 15 is 0 Å². The average Bonchev–Trinajstić information content (AvgIpc) is 3.06. The minimum atomic E-state index is -2.38. The second-order valence-electron chi connectivity index (χ2n) is 14.4. The Morgan fingerprint density at radius 1 is 0.511 bits per heavy atom. The minimum absolute atomic E-state index is 0.444. The molecule has 0 fully saturated rings. The van der Waals surface area contributed by atoms with Gasteiger partial charge in [0.25, 0.3) is 0 Å². The molecule has 0 spiro atoms. The van der Waals surface area contributed by atoms with Crippen molar-refractivity contribution in [2.45, 2.75) is 52.9 Å². The van der Waals surface area contributed by atoms with Crippen molar-refractivity contribution in [3.05, 3.63) is 120 Å². The second kappa shape index (κ2) is 12.1. The molecule has 0 radical (unpaired) electrons. The third-order valence-electron chi connectivity index (χ3n) is 10.7. The van der Waals surface area contributed by atoms with E-state index in [9.17, 15) is 0 Å². The van der Waals surface area contributed by atoms with Crippen LogP contribution in [-0.4, -0.2) is 32.1 Å². The van der Waals surface area contributed by atoms with Crippen molar-refractivity contribution in [3.8, 4) is 0 Å². The fourth-order valence-electron chi connectivity index (χ4n) is 7.78. The number of hydrogen-bond donors (Lipinski definition) is 0. The molecular weight excluding hydrogens is 606 g/mol. The van der Waals surface area contributed by atoms with Gasteiger partial charge in [-0.25, -0.2) is 0 Å². The van der Waals surface area contributed by atoms with Gasteiger partial charge in [0.15, 0.2) is 0 Å². The predicted molar refractivity (Wildman–Crippen MR) is 216 cm³/mol. The summed E-state index contributed by atoms with van der Waals surface area (Å²) in [5.41, 5.74) is 8.84. The van der Waals surface area contributed by atoms with Gasteiger partial charge in [0.2, 0.25) is 0 Å². The Kier molecular flexibility index (Phi) is 8.19. The average molecular weight is 655 g/mol. The van der Waals surface area contributed by atoms with Crippen molar-refractivity contribution in [2.75, 3.05) is 30.6 Å². The molecule has 0 aromatic heterocycles. The Hall–Kier alpha value is -3.70. The van der Waals surface area contributed by atoms with Gasteiger partial charge in [0.1, 0.15) is 0 Å². The molecule has 1 unspecified atom stereocenters. The van der Waals surface area contributed by atoms with Crippen LogP contribution in [0.25, 0.3) is 21.5 Å². The van der Waals surface area contributed by atoms with Crippen LogP contribution in [0.1, 0.15) is 38.8 Å². The van der Waals surface area contributed by atoms with Gasteiger partial charge < -0.3 is 0 Å². The zero-order chi connectivity index (χ0) is 33.2. The van der Waals surface area contributed by atoms with Crippen LogP contribution < -0.4 is 31.0 Å². The van der Waals surface area contributed by atoms with E-state index in [0.717, 1.165) is 0 Å². The quantitative estimate of drug-likeness (QED) is 0.172. The number of anilines is 4. The first-order valence-electron chi connectivity index (χ1n) is 17.0. The van der Waals surface area contributed by atoms with Crippen LogP contribution in [-0.2, 0) is 0 Å². The van der Waals surface area contributed by atoms with E-state index in [-0.39, 0.29) is 0 Å². The Bertz CT molecular complexity index is 2150. The summed E-state index contributed by atoms with van der Waals surface area (Å²) in [7, 11) is 1.54. The van der Waals surface area contributed by atoms with E-state index in [1.807, 2.05) is 0 Å². The molecule has 4 heteroatoms. The van der Waals surface area contributed by atoms with Gasteiger partial charge in [-0.1, -0.05) is 0 Å². The Balaban J connectivity index is 1.69. The van der Waals surface area contributed by atoms with Gasteiger partial charge >= 0.3 is 284 Å². The summed E-state index contributed by atoms with van der Waals surface area (Å²) in [6.45, 7) is 16.9. The first-order valence-corrected chi connectivity index (χ1v) is 21.0. The molecule has 0 aliphatic carbocycles. The zero-order valence-electron chi connectivity index (χ0n) is 29.4. The summed E-state index contributed by atoms with van der Waals surface area (Å²) in [5.74, 6) is 0. The van der Waals surface area contributed by atoms with E-state index < -0.39 is 15.2 Å². The summed E-state index contributed by atoms with van der Waals surface area (Å²) in [4.78, 5) is 5.10. The van der Waals surface area contributed by atoms with Crippen LogP contribution in [0.15, 0.2) is 109 Å². The number of hydrogen-bond acceptors (Lipinski definition) is 2. The molecule has 0 N–H and O–H groups in total. The van der Waals surface area contributed by atoms with Gasteiger partial charge in [-0.2, -0.15) is 0 Å². The number of aryl methyl sites for hydroxylation is 2. The van der Waals surface area contributed by atoms with E-state index in [1.54, 1.807) is 0 Å². The molecule has 0 saturated carbocycles. The fraction of sp³-hybridized carbons (Fsp3) is 0.256. The molecule has 1 heterocycles. The number of fused-ring (bicyclic) bond motifs is 6. The molecule has 2 nitrogen and oxygen atoms in total. The van der Waals surface area contributed by atoms with Crippen LogP contribution in [0.5, 0.6) is 0 Å². The Morgan fingerprint density at radius 3 is 1.55 bits per heavy atom. The Morgan fingerprint density at radius 2 is 0.979 bits per heavy atom. The molecule has 47 heavy (non-hydrogen) atoms. The molecule has 0 saturated heterocycles. The van der Waals surface area contributed by atoms with E-state index in [0.29, 0.717) is 11.3 Å². The number of benzene rings is 6. The maximum absolute atomic E-state index is 2.62. The number of rotatable bonds is 2. The van der Waals surface area contributed by atoms with Crippen LogP contribution in [0.4, 0.5) is 22.7 Å². The van der Waals surface area contributed by atoms with Crippen molar-refractivity contribution in [1.82, 2.24) is 0 Å². The van der Waals surface area contributed by atoms with Gasteiger partial charge in [-0.3, -0.25) is 0 Å². The van der Waals surface area contributed by atoms with Crippen molar-refractivity contribution >= 4 is 80.7 Å². The van der Waals surface area contributed by atoms with Gasteiger partial charge in [-0.15, -0.1) is 0 Å². The maximum atomic E-state index is 2.62. The molecule has 0 bridgehead atoms. The molecule has 0 amide bonds. The standard InChI is InChI=1S/C43H48N2P2/c1-28(2)46-40-20-18-30(5)22-36(40)44(7)39-25-33-15-11-13-17-35(33)27-43(39)47(9,29(3)4)42-21-19-31(6)23-38(42)45(8)37-24-32-14-10-12-16-34(32)26-41(37)46/h10-29,47H,1-9H3. The van der Waals surface area contributed by atoms with E-state index in [4.69, 9.17) is 0 Å². The van der Waals surface area contributed by atoms with Gasteiger partial charge in [-0.05, 0) is 0 Å². The predicted octanol–water partition coefficient (Wildman–Crippen LogP) is 10.0. The molecule has 1 atom stereocenters. The van der Waals surface area contributed by atoms with Gasteiger partial charge in [0.05, 0.1) is 0 Å². The normalized spacial score (nSPS) is 16.7. The molecular formula is C43H48N2P2. The SMILES string of the molecule is Cc1ccc2c(c1)N(C)c1cc3ccccc3cc1[PH](C)(C(C)C)c1ccc(C)cc1N(C)c1cc3ccccc3cc1P2C(C)C. The molecule has 1 aliphatic rings. The van der Waals surface area contributed by atoms with Crippen LogP contribution in [0.2, 0.25) is 0 Å². The number of nitrogens with zero attached hydrogens (tertiary/aromatic N) is 2. The van der Waals surface area contributed by atoms with Crippen LogP contribution in [0, 0.1) is 13.8 Å². The van der Waals surface area contributed by atoms with Gasteiger partial charge in [0, 0.05) is 0 Å². The topological polar surface area (TPSA) is 6.48 Å². The summed E-state index contributed by atoms with van der Waals surface area (Å²) < 4.78 is 0. The zero-order valence-corrected chi connectivity index (χ0v) is 31.3.